The molecule has 0 atom stereocenters. The zero-order valence-corrected chi connectivity index (χ0v) is 8.67. The average Bonchev–Trinajstić information content (AvgIpc) is 0. The molecule has 0 saturated carbocycles. The molecular formula is H8CoMgO3Zn. The Bertz CT molecular complexity index is 17.2. The third kappa shape index (κ3) is 41.8. The summed E-state index contributed by atoms with van der Waals surface area (Å²) in [4.78, 5) is 0. The second-order valence-electron chi connectivity index (χ2n) is 0. The van der Waals surface area contributed by atoms with Crippen LogP contribution in [0.4, 0.5) is 0 Å². The largest absolute Gasteiger partial charge is 2.00 e. The van der Waals surface area contributed by atoms with E-state index in [4.69, 9.17) is 0 Å². The second-order valence-corrected chi connectivity index (χ2v) is 0. The van der Waals surface area contributed by atoms with Crippen LogP contribution in [0.5, 0.6) is 0 Å². The van der Waals surface area contributed by atoms with Crippen LogP contribution in [0.25, 0.3) is 0 Å². The van der Waals surface area contributed by atoms with Gasteiger partial charge in [0.2, 0.25) is 0 Å². The van der Waals surface area contributed by atoms with Gasteiger partial charge in [-0.25, -0.2) is 0 Å². The zero-order valence-electron chi connectivity index (χ0n) is 5.25. The predicted octanol–water partition coefficient (Wildman–Crippen LogP) is -2.63. The van der Waals surface area contributed by atoms with Crippen LogP contribution >= 0.6 is 0 Å². The molecule has 1 radical (unpaired) electrons. The van der Waals surface area contributed by atoms with E-state index in [2.05, 4.69) is 0 Å². The molecule has 6 heteroatoms. The van der Waals surface area contributed by atoms with Gasteiger partial charge in [-0.3, -0.25) is 0 Å². The Hall–Kier alpha value is 1.78. The quantitative estimate of drug-likeness (QED) is 0.386. The molecule has 0 unspecified atom stereocenters. The maximum absolute atomic E-state index is 0. The topological polar surface area (TPSA) is 94.5 Å². The Kier molecular flexibility index (Phi) is 1350. The van der Waals surface area contributed by atoms with Crippen molar-refractivity contribution in [2.75, 3.05) is 0 Å². The minimum absolute atomic E-state index is 0. The first-order chi connectivity index (χ1) is 0. The fraction of sp³-hybridized carbons (Fsp3) is 0. The molecule has 0 heterocycles. The first kappa shape index (κ1) is 113. The summed E-state index contributed by atoms with van der Waals surface area (Å²) < 4.78 is 0. The molecule has 0 fully saturated rings. The summed E-state index contributed by atoms with van der Waals surface area (Å²) in [6.07, 6.45) is 0. The number of rotatable bonds is 0. The van der Waals surface area contributed by atoms with Crippen molar-refractivity contribution >= 4 is 23.1 Å². The fourth-order valence-corrected chi connectivity index (χ4v) is 0. The van der Waals surface area contributed by atoms with E-state index in [0.29, 0.717) is 0 Å². The zero-order chi connectivity index (χ0) is 0. The van der Waals surface area contributed by atoms with Crippen LogP contribution in [-0.2, 0) is 36.3 Å². The molecule has 0 aliphatic heterocycles. The monoisotopic (exact) mass is 203 g/mol. The Balaban J connectivity index is 0. The first-order valence-corrected chi connectivity index (χ1v) is 0. The molecule has 0 aliphatic rings. The van der Waals surface area contributed by atoms with Gasteiger partial charge in [-0.1, -0.05) is 0 Å². The summed E-state index contributed by atoms with van der Waals surface area (Å²) in [6, 6.07) is 0. The Morgan fingerprint density at radius 3 is 0.833 bits per heavy atom. The maximum atomic E-state index is 0. The molecule has 0 spiro atoms. The molecule has 0 aromatic carbocycles. The van der Waals surface area contributed by atoms with Crippen LogP contribution in [0, 0.1) is 0 Å². The van der Waals surface area contributed by atoms with E-state index in [1.54, 1.807) is 0 Å². The van der Waals surface area contributed by atoms with E-state index in [-0.39, 0.29) is 78.6 Å². The Labute approximate surface area is 78.3 Å². The summed E-state index contributed by atoms with van der Waals surface area (Å²) in [6.45, 7) is 0. The fourth-order valence-electron chi connectivity index (χ4n) is 0. The van der Waals surface area contributed by atoms with Crippen molar-refractivity contribution in [3.8, 4) is 0 Å². The summed E-state index contributed by atoms with van der Waals surface area (Å²) in [5.74, 6) is 0. The molecule has 3 nitrogen and oxygen atoms in total. The predicted molar refractivity (Wildman–Crippen MR) is 18.8 cm³/mol. The Morgan fingerprint density at radius 2 is 0.833 bits per heavy atom. The van der Waals surface area contributed by atoms with Gasteiger partial charge in [0.15, 0.2) is 0 Å². The van der Waals surface area contributed by atoms with Crippen molar-refractivity contribution in [1.29, 1.82) is 0 Å². The van der Waals surface area contributed by atoms with E-state index in [1.807, 2.05) is 0 Å². The van der Waals surface area contributed by atoms with Crippen molar-refractivity contribution in [1.82, 2.24) is 0 Å². The van der Waals surface area contributed by atoms with Gasteiger partial charge in [0.1, 0.15) is 0 Å². The van der Waals surface area contributed by atoms with Gasteiger partial charge in [0, 0.05) is 36.3 Å². The van der Waals surface area contributed by atoms with Gasteiger partial charge in [0.25, 0.3) is 0 Å². The summed E-state index contributed by atoms with van der Waals surface area (Å²) in [7, 11) is 0. The maximum Gasteiger partial charge on any atom is 2.00 e. The standard InChI is InChI=1S/Co.Mg.3H2O.Zn.2H/h;;3*1H2;;;/q;+2;;;;;2*-1. The molecule has 0 bridgehead atoms. The molecule has 6 heavy (non-hydrogen) atoms. The number of hydrogen-bond acceptors (Lipinski definition) is 0. The van der Waals surface area contributed by atoms with E-state index >= 15 is 0 Å². The number of hydrogen-bond donors (Lipinski definition) is 0. The summed E-state index contributed by atoms with van der Waals surface area (Å²) in [5, 5.41) is 0. The molecular weight excluding hydrogens is 197 g/mol. The van der Waals surface area contributed by atoms with Gasteiger partial charge in [-0.15, -0.1) is 0 Å². The molecule has 0 aromatic heterocycles. The molecule has 0 aromatic rings. The van der Waals surface area contributed by atoms with Crippen LogP contribution in [-0.4, -0.2) is 39.5 Å². The molecule has 39 valence electrons. The normalized spacial score (nSPS) is 0. The van der Waals surface area contributed by atoms with E-state index < -0.39 is 0 Å². The smallest absolute Gasteiger partial charge is 1.00 e. The van der Waals surface area contributed by atoms with Crippen LogP contribution in [0.15, 0.2) is 0 Å². The Morgan fingerprint density at radius 1 is 0.833 bits per heavy atom. The SMILES string of the molecule is O.O.O.[Co].[H-].[H-].[Mg+2].[Zn]. The molecule has 0 rings (SSSR count). The average molecular weight is 205 g/mol. The van der Waals surface area contributed by atoms with Gasteiger partial charge in [0.05, 0.1) is 0 Å². The molecule has 6 N–H and O–H groups in total. The van der Waals surface area contributed by atoms with Crippen molar-refractivity contribution in [3.05, 3.63) is 0 Å². The van der Waals surface area contributed by atoms with Gasteiger partial charge in [-0.05, 0) is 0 Å². The third-order valence-corrected chi connectivity index (χ3v) is 0. The van der Waals surface area contributed by atoms with Crippen LogP contribution < -0.4 is 0 Å². The molecule has 0 saturated heterocycles. The third-order valence-electron chi connectivity index (χ3n) is 0. The van der Waals surface area contributed by atoms with Crippen LogP contribution in [0.1, 0.15) is 2.85 Å². The van der Waals surface area contributed by atoms with Crippen LogP contribution in [0.2, 0.25) is 0 Å². The van der Waals surface area contributed by atoms with Crippen molar-refractivity contribution in [2.24, 2.45) is 0 Å². The van der Waals surface area contributed by atoms with Crippen molar-refractivity contribution in [3.63, 3.8) is 0 Å². The second kappa shape index (κ2) is 71.7. The van der Waals surface area contributed by atoms with Crippen molar-refractivity contribution < 1.29 is 55.5 Å². The van der Waals surface area contributed by atoms with E-state index in [9.17, 15) is 0 Å². The molecule has 0 aliphatic carbocycles. The molecule has 0 amide bonds. The summed E-state index contributed by atoms with van der Waals surface area (Å²) in [5.41, 5.74) is 0. The minimum atomic E-state index is 0. The van der Waals surface area contributed by atoms with Crippen molar-refractivity contribution in [2.45, 2.75) is 0 Å². The van der Waals surface area contributed by atoms with E-state index in [1.165, 1.54) is 0 Å². The van der Waals surface area contributed by atoms with Crippen LogP contribution in [0.3, 0.4) is 0 Å². The van der Waals surface area contributed by atoms with Gasteiger partial charge >= 0.3 is 23.1 Å². The van der Waals surface area contributed by atoms with E-state index in [0.717, 1.165) is 0 Å². The summed E-state index contributed by atoms with van der Waals surface area (Å²) >= 11 is 0. The minimum Gasteiger partial charge on any atom is -1.00 e. The van der Waals surface area contributed by atoms with Gasteiger partial charge in [-0.2, -0.15) is 0 Å². The van der Waals surface area contributed by atoms with Gasteiger partial charge < -0.3 is 19.3 Å². The first-order valence-electron chi connectivity index (χ1n) is 0.